The van der Waals surface area contributed by atoms with E-state index in [4.69, 9.17) is 5.73 Å². The maximum Gasteiger partial charge on any atom is 0.187 e. The number of Topliss-reactive ketones (excluding diaryl/α,β-unsaturated/α-hetero) is 1. The van der Waals surface area contributed by atoms with E-state index in [2.05, 4.69) is 4.98 Å². The Bertz CT molecular complexity index is 490. The molecule has 0 saturated carbocycles. The van der Waals surface area contributed by atoms with Gasteiger partial charge < -0.3 is 10.3 Å². The van der Waals surface area contributed by atoms with Gasteiger partial charge in [0.15, 0.2) is 5.78 Å². The molecular formula is C13H15N3O. The van der Waals surface area contributed by atoms with E-state index in [1.165, 1.54) is 0 Å². The first-order valence-electron chi connectivity index (χ1n) is 5.58. The Kier molecular flexibility index (Phi) is 3.67. The second kappa shape index (κ2) is 5.41. The van der Waals surface area contributed by atoms with E-state index in [9.17, 15) is 4.79 Å². The number of carbonyl (C=O) groups is 1. The maximum atomic E-state index is 11.9. The van der Waals surface area contributed by atoms with Gasteiger partial charge in [-0.05, 0) is 5.56 Å². The fraction of sp³-hybridized carbons (Fsp3) is 0.231. The van der Waals surface area contributed by atoms with Gasteiger partial charge in [-0.3, -0.25) is 4.79 Å². The molecule has 0 fully saturated rings. The lowest BCUT2D eigenvalue weighted by Gasteiger charge is -1.98. The summed E-state index contributed by atoms with van der Waals surface area (Å²) >= 11 is 0. The van der Waals surface area contributed by atoms with Gasteiger partial charge in [-0.25, -0.2) is 4.98 Å². The Morgan fingerprint density at radius 1 is 1.29 bits per heavy atom. The number of hydrogen-bond acceptors (Lipinski definition) is 3. The van der Waals surface area contributed by atoms with E-state index in [1.54, 1.807) is 12.5 Å². The number of hydrogen-bond donors (Lipinski definition) is 1. The molecule has 0 spiro atoms. The monoisotopic (exact) mass is 229 g/mol. The van der Waals surface area contributed by atoms with Crippen LogP contribution in [-0.4, -0.2) is 21.9 Å². The molecule has 1 heterocycles. The van der Waals surface area contributed by atoms with Crippen molar-refractivity contribution in [2.45, 2.75) is 13.0 Å². The second-order valence-corrected chi connectivity index (χ2v) is 3.87. The van der Waals surface area contributed by atoms with Crippen molar-refractivity contribution in [2.24, 2.45) is 5.73 Å². The Hall–Kier alpha value is -1.94. The van der Waals surface area contributed by atoms with Gasteiger partial charge in [-0.15, -0.1) is 0 Å². The van der Waals surface area contributed by atoms with Crippen molar-refractivity contribution in [3.05, 3.63) is 54.1 Å². The van der Waals surface area contributed by atoms with Crippen molar-refractivity contribution in [1.29, 1.82) is 0 Å². The standard InChI is InChI=1S/C13H15N3O/c14-6-7-16-9-12(15-10-16)13(17)8-11-4-2-1-3-5-11/h1-5,9-10H,6-8,14H2. The Balaban J connectivity index is 2.04. The van der Waals surface area contributed by atoms with Gasteiger partial charge in [0, 0.05) is 25.7 Å². The number of aromatic nitrogens is 2. The van der Waals surface area contributed by atoms with Gasteiger partial charge >= 0.3 is 0 Å². The Morgan fingerprint density at radius 2 is 2.06 bits per heavy atom. The number of nitrogens with zero attached hydrogens (tertiary/aromatic N) is 2. The van der Waals surface area contributed by atoms with E-state index in [0.717, 1.165) is 5.56 Å². The third kappa shape index (κ3) is 3.01. The normalized spacial score (nSPS) is 10.4. The van der Waals surface area contributed by atoms with Crippen LogP contribution in [-0.2, 0) is 13.0 Å². The zero-order chi connectivity index (χ0) is 12.1. The molecule has 0 unspecified atom stereocenters. The molecule has 1 aromatic carbocycles. The summed E-state index contributed by atoms with van der Waals surface area (Å²) in [6.45, 7) is 1.23. The highest BCUT2D eigenvalue weighted by molar-refractivity contribution is 5.95. The zero-order valence-electron chi connectivity index (χ0n) is 9.54. The summed E-state index contributed by atoms with van der Waals surface area (Å²) in [7, 11) is 0. The molecule has 2 rings (SSSR count). The average molecular weight is 229 g/mol. The molecule has 88 valence electrons. The van der Waals surface area contributed by atoms with Gasteiger partial charge in [0.2, 0.25) is 0 Å². The molecule has 4 heteroatoms. The molecule has 0 atom stereocenters. The van der Waals surface area contributed by atoms with E-state index >= 15 is 0 Å². The van der Waals surface area contributed by atoms with Crippen LogP contribution in [0.4, 0.5) is 0 Å². The zero-order valence-corrected chi connectivity index (χ0v) is 9.54. The highest BCUT2D eigenvalue weighted by atomic mass is 16.1. The molecule has 0 saturated heterocycles. The minimum atomic E-state index is 0.0342. The fourth-order valence-corrected chi connectivity index (χ4v) is 1.65. The van der Waals surface area contributed by atoms with Gasteiger partial charge in [-0.2, -0.15) is 0 Å². The quantitative estimate of drug-likeness (QED) is 0.785. The van der Waals surface area contributed by atoms with E-state index in [0.29, 0.717) is 25.2 Å². The van der Waals surface area contributed by atoms with Crippen molar-refractivity contribution in [3.8, 4) is 0 Å². The molecule has 0 aliphatic carbocycles. The molecule has 0 bridgehead atoms. The van der Waals surface area contributed by atoms with Crippen molar-refractivity contribution >= 4 is 5.78 Å². The SMILES string of the molecule is NCCn1cnc(C(=O)Cc2ccccc2)c1. The minimum absolute atomic E-state index is 0.0342. The summed E-state index contributed by atoms with van der Waals surface area (Å²) in [6, 6.07) is 9.67. The topological polar surface area (TPSA) is 60.9 Å². The summed E-state index contributed by atoms with van der Waals surface area (Å²) in [5.74, 6) is 0.0342. The van der Waals surface area contributed by atoms with Crippen molar-refractivity contribution in [3.63, 3.8) is 0 Å². The van der Waals surface area contributed by atoms with Gasteiger partial charge in [-0.1, -0.05) is 30.3 Å². The Labute approximate surface area is 100 Å². The number of benzene rings is 1. The largest absolute Gasteiger partial charge is 0.335 e. The lowest BCUT2D eigenvalue weighted by Crippen LogP contribution is -2.08. The second-order valence-electron chi connectivity index (χ2n) is 3.87. The molecule has 0 aliphatic heterocycles. The van der Waals surface area contributed by atoms with Crippen molar-refractivity contribution < 1.29 is 4.79 Å². The predicted molar refractivity (Wildman–Crippen MR) is 65.8 cm³/mol. The molecule has 0 radical (unpaired) electrons. The van der Waals surface area contributed by atoms with E-state index in [-0.39, 0.29) is 5.78 Å². The molecule has 0 aliphatic rings. The number of nitrogens with two attached hydrogens (primary N) is 1. The Morgan fingerprint density at radius 3 is 2.76 bits per heavy atom. The minimum Gasteiger partial charge on any atom is -0.335 e. The van der Waals surface area contributed by atoms with Crippen LogP contribution in [0.25, 0.3) is 0 Å². The molecule has 0 amide bonds. The number of carbonyl (C=O) groups excluding carboxylic acids is 1. The van der Waals surface area contributed by atoms with Crippen LogP contribution in [0.5, 0.6) is 0 Å². The van der Waals surface area contributed by atoms with Crippen LogP contribution in [0.15, 0.2) is 42.9 Å². The smallest absolute Gasteiger partial charge is 0.187 e. The fourth-order valence-electron chi connectivity index (χ4n) is 1.65. The van der Waals surface area contributed by atoms with E-state index < -0.39 is 0 Å². The molecule has 1 aromatic heterocycles. The van der Waals surface area contributed by atoms with Crippen LogP contribution >= 0.6 is 0 Å². The summed E-state index contributed by atoms with van der Waals surface area (Å²) in [5, 5.41) is 0. The van der Waals surface area contributed by atoms with Crippen molar-refractivity contribution in [2.75, 3.05) is 6.54 Å². The summed E-state index contributed by atoms with van der Waals surface area (Å²) < 4.78 is 1.83. The van der Waals surface area contributed by atoms with Crippen LogP contribution in [0.3, 0.4) is 0 Å². The van der Waals surface area contributed by atoms with Crippen molar-refractivity contribution in [1.82, 2.24) is 9.55 Å². The number of ketones is 1. The first kappa shape index (κ1) is 11.5. The van der Waals surface area contributed by atoms with Crippen LogP contribution in [0, 0.1) is 0 Å². The van der Waals surface area contributed by atoms with Gasteiger partial charge in [0.25, 0.3) is 0 Å². The van der Waals surface area contributed by atoms with Crippen LogP contribution in [0.1, 0.15) is 16.1 Å². The van der Waals surface area contributed by atoms with E-state index in [1.807, 2.05) is 34.9 Å². The van der Waals surface area contributed by atoms with Crippen LogP contribution in [0.2, 0.25) is 0 Å². The summed E-state index contributed by atoms with van der Waals surface area (Å²) in [4.78, 5) is 16.0. The molecule has 17 heavy (non-hydrogen) atoms. The molecule has 4 nitrogen and oxygen atoms in total. The highest BCUT2D eigenvalue weighted by Gasteiger charge is 2.09. The highest BCUT2D eigenvalue weighted by Crippen LogP contribution is 2.05. The van der Waals surface area contributed by atoms with Crippen LogP contribution < -0.4 is 5.73 Å². The first-order chi connectivity index (χ1) is 8.29. The third-order valence-corrected chi connectivity index (χ3v) is 2.51. The number of rotatable bonds is 5. The van der Waals surface area contributed by atoms with Gasteiger partial charge in [0.05, 0.1) is 6.33 Å². The average Bonchev–Trinajstić information content (AvgIpc) is 2.79. The summed E-state index contributed by atoms with van der Waals surface area (Å²) in [6.07, 6.45) is 3.78. The molecular weight excluding hydrogens is 214 g/mol. The lowest BCUT2D eigenvalue weighted by atomic mass is 10.1. The first-order valence-corrected chi connectivity index (χ1v) is 5.58. The predicted octanol–water partition coefficient (Wildman–Crippen LogP) is 1.27. The lowest BCUT2D eigenvalue weighted by molar-refractivity contribution is 0.0988. The van der Waals surface area contributed by atoms with Gasteiger partial charge in [0.1, 0.15) is 5.69 Å². The molecule has 2 aromatic rings. The summed E-state index contributed by atoms with van der Waals surface area (Å²) in [5.41, 5.74) is 6.94. The molecule has 2 N–H and O–H groups in total. The number of imidazole rings is 1. The maximum absolute atomic E-state index is 11.9. The third-order valence-electron chi connectivity index (χ3n) is 2.51.